The van der Waals surface area contributed by atoms with Gasteiger partial charge in [-0.25, -0.2) is 9.97 Å². The van der Waals surface area contributed by atoms with Crippen molar-refractivity contribution in [1.29, 1.82) is 0 Å². The molecule has 166 valence electrons. The second-order valence-electron chi connectivity index (χ2n) is 7.84. The van der Waals surface area contributed by atoms with E-state index in [1.54, 1.807) is 7.11 Å². The van der Waals surface area contributed by atoms with Crippen molar-refractivity contribution in [2.24, 2.45) is 0 Å². The molecule has 0 saturated heterocycles. The van der Waals surface area contributed by atoms with Gasteiger partial charge in [0.2, 0.25) is 0 Å². The van der Waals surface area contributed by atoms with Crippen LogP contribution in [0.15, 0.2) is 42.7 Å². The first kappa shape index (κ1) is 22.0. The number of likely N-dealkylation sites (N-methyl/N-ethyl adjacent to an activating group) is 1. The molecule has 0 spiro atoms. The van der Waals surface area contributed by atoms with E-state index in [1.165, 1.54) is 6.33 Å². The van der Waals surface area contributed by atoms with Crippen LogP contribution >= 0.6 is 11.6 Å². The molecule has 0 aliphatic rings. The average Bonchev–Trinajstić information content (AvgIpc) is 3.03. The highest BCUT2D eigenvalue weighted by molar-refractivity contribution is 6.31. The van der Waals surface area contributed by atoms with E-state index >= 15 is 0 Å². The normalized spacial score (nSPS) is 11.4. The van der Waals surface area contributed by atoms with E-state index in [1.807, 2.05) is 62.3 Å². The molecule has 7 nitrogen and oxygen atoms in total. The highest BCUT2D eigenvalue weighted by Crippen LogP contribution is 2.34. The van der Waals surface area contributed by atoms with Gasteiger partial charge in [0.05, 0.1) is 24.6 Å². The topological polar surface area (TPSA) is 69.5 Å². The van der Waals surface area contributed by atoms with E-state index in [9.17, 15) is 4.79 Å². The zero-order valence-electron chi connectivity index (χ0n) is 18.6. The fourth-order valence-corrected chi connectivity index (χ4v) is 3.98. The maximum Gasteiger partial charge on any atom is 0.310 e. The second-order valence-corrected chi connectivity index (χ2v) is 8.28. The molecule has 0 radical (unpaired) electrons. The number of ether oxygens (including phenoxy) is 2. The van der Waals surface area contributed by atoms with Gasteiger partial charge in [0.1, 0.15) is 24.5 Å². The lowest BCUT2D eigenvalue weighted by molar-refractivity contribution is -0.143. The maximum absolute atomic E-state index is 12.6. The van der Waals surface area contributed by atoms with Crippen LogP contribution in [0.25, 0.3) is 27.6 Å². The van der Waals surface area contributed by atoms with Crippen molar-refractivity contribution < 1.29 is 14.3 Å². The van der Waals surface area contributed by atoms with Gasteiger partial charge < -0.3 is 14.4 Å². The Kier molecular flexibility index (Phi) is 6.30. The molecule has 0 N–H and O–H groups in total. The van der Waals surface area contributed by atoms with Crippen molar-refractivity contribution >= 4 is 39.4 Å². The number of aromatic nitrogens is 3. The molecule has 0 atom stereocenters. The van der Waals surface area contributed by atoms with Crippen molar-refractivity contribution in [3.05, 3.63) is 59.0 Å². The zero-order valence-corrected chi connectivity index (χ0v) is 19.3. The van der Waals surface area contributed by atoms with Crippen LogP contribution in [0, 0.1) is 6.92 Å². The Bertz CT molecular complexity index is 1300. The van der Waals surface area contributed by atoms with E-state index < -0.39 is 0 Å². The third-order valence-corrected chi connectivity index (χ3v) is 5.69. The van der Waals surface area contributed by atoms with Crippen LogP contribution < -0.4 is 4.74 Å². The van der Waals surface area contributed by atoms with E-state index in [0.29, 0.717) is 18.2 Å². The van der Waals surface area contributed by atoms with Gasteiger partial charge in [-0.3, -0.25) is 9.36 Å². The monoisotopic (exact) mass is 452 g/mol. The lowest BCUT2D eigenvalue weighted by atomic mass is 10.1. The van der Waals surface area contributed by atoms with Gasteiger partial charge in [-0.1, -0.05) is 11.6 Å². The number of carbonyl (C=O) groups is 1. The summed E-state index contributed by atoms with van der Waals surface area (Å²) >= 11 is 6.16. The average molecular weight is 453 g/mol. The molecule has 8 heteroatoms. The molecule has 4 rings (SSSR count). The molecule has 0 amide bonds. The van der Waals surface area contributed by atoms with Crippen molar-refractivity contribution in [3.63, 3.8) is 0 Å². The van der Waals surface area contributed by atoms with Crippen molar-refractivity contribution in [2.75, 3.05) is 34.4 Å². The summed E-state index contributed by atoms with van der Waals surface area (Å²) in [5.74, 6) is 1.18. The minimum absolute atomic E-state index is 0.158. The molecule has 0 unspecified atom stereocenters. The zero-order chi connectivity index (χ0) is 22.8. The highest BCUT2D eigenvalue weighted by Gasteiger charge is 2.21. The summed E-state index contributed by atoms with van der Waals surface area (Å²) in [6.07, 6.45) is 1.68. The molecule has 32 heavy (non-hydrogen) atoms. The Morgan fingerprint density at radius 3 is 2.69 bits per heavy atom. The summed E-state index contributed by atoms with van der Waals surface area (Å²) in [5.41, 5.74) is 3.47. The molecular weight excluding hydrogens is 428 g/mol. The minimum atomic E-state index is -0.267. The van der Waals surface area contributed by atoms with Gasteiger partial charge in [0, 0.05) is 28.0 Å². The van der Waals surface area contributed by atoms with E-state index in [0.717, 1.165) is 44.6 Å². The summed E-state index contributed by atoms with van der Waals surface area (Å²) in [6, 6.07) is 11.4. The Balaban J connectivity index is 1.84. The van der Waals surface area contributed by atoms with E-state index in [-0.39, 0.29) is 12.4 Å². The van der Waals surface area contributed by atoms with Gasteiger partial charge in [0.25, 0.3) is 0 Å². The van der Waals surface area contributed by atoms with Gasteiger partial charge in [-0.05, 0) is 63.0 Å². The largest absolute Gasteiger partial charge is 0.497 e. The van der Waals surface area contributed by atoms with Gasteiger partial charge in [-0.15, -0.1) is 0 Å². The number of esters is 1. The van der Waals surface area contributed by atoms with Gasteiger partial charge in [-0.2, -0.15) is 0 Å². The third-order valence-electron chi connectivity index (χ3n) is 5.45. The number of halogens is 1. The molecule has 0 fully saturated rings. The number of nitrogens with zero attached hydrogens (tertiary/aromatic N) is 4. The van der Waals surface area contributed by atoms with Crippen LogP contribution in [0.4, 0.5) is 0 Å². The molecule has 4 aromatic rings. The molecule has 2 aromatic carbocycles. The van der Waals surface area contributed by atoms with Crippen molar-refractivity contribution in [2.45, 2.75) is 13.3 Å². The number of hydrogen-bond donors (Lipinski definition) is 0. The number of benzene rings is 2. The summed E-state index contributed by atoms with van der Waals surface area (Å²) in [5, 5.41) is 2.40. The van der Waals surface area contributed by atoms with Gasteiger partial charge in [0.15, 0.2) is 0 Å². The van der Waals surface area contributed by atoms with Gasteiger partial charge >= 0.3 is 5.97 Å². The summed E-state index contributed by atoms with van der Waals surface area (Å²) in [7, 11) is 5.51. The smallest absolute Gasteiger partial charge is 0.310 e. The van der Waals surface area contributed by atoms with Crippen LogP contribution in [-0.4, -0.2) is 59.8 Å². The summed E-state index contributed by atoms with van der Waals surface area (Å²) in [6.45, 7) is 3.01. The van der Waals surface area contributed by atoms with Crippen LogP contribution in [0.1, 0.15) is 11.3 Å². The van der Waals surface area contributed by atoms with Crippen LogP contribution in [0.2, 0.25) is 5.02 Å². The number of methoxy groups -OCH3 is 1. The predicted octanol–water partition coefficient (Wildman–Crippen LogP) is 4.19. The second kappa shape index (κ2) is 9.14. The first-order chi connectivity index (χ1) is 15.4. The lowest BCUT2D eigenvalue weighted by Gasteiger charge is -2.11. The highest BCUT2D eigenvalue weighted by atomic mass is 35.5. The lowest BCUT2D eigenvalue weighted by Crippen LogP contribution is -2.20. The number of rotatable bonds is 7. The van der Waals surface area contributed by atoms with Crippen molar-refractivity contribution in [3.8, 4) is 11.6 Å². The molecule has 2 aromatic heterocycles. The number of fused-ring (bicyclic) bond motifs is 2. The molecule has 2 heterocycles. The van der Waals surface area contributed by atoms with E-state index in [4.69, 9.17) is 21.1 Å². The quantitative estimate of drug-likeness (QED) is 0.391. The molecule has 0 aliphatic carbocycles. The fourth-order valence-electron chi connectivity index (χ4n) is 3.82. The summed E-state index contributed by atoms with van der Waals surface area (Å²) in [4.78, 5) is 23.5. The standard InChI is InChI=1S/C24H25ClN4O3/c1-15-19(13-23(30)32-10-9-28(2)3)20-12-17(31-4)6-8-22(20)29(15)24-18-7-5-16(25)11-21(18)26-14-27-24/h5-8,11-12,14H,9-10,13H2,1-4H3. The Morgan fingerprint density at radius 2 is 1.94 bits per heavy atom. The Hall–Kier alpha value is -3.16. The Labute approximate surface area is 191 Å². The third kappa shape index (κ3) is 4.26. The number of carbonyl (C=O) groups excluding carboxylic acids is 1. The van der Waals surface area contributed by atoms with Crippen molar-refractivity contribution in [1.82, 2.24) is 19.4 Å². The van der Waals surface area contributed by atoms with Crippen LogP contribution in [-0.2, 0) is 16.0 Å². The first-order valence-corrected chi connectivity index (χ1v) is 10.7. The fraction of sp³-hybridized carbons (Fsp3) is 0.292. The molecular formula is C24H25ClN4O3. The molecule has 0 aliphatic heterocycles. The minimum Gasteiger partial charge on any atom is -0.497 e. The molecule has 0 bridgehead atoms. The predicted molar refractivity (Wildman–Crippen MR) is 126 cm³/mol. The number of hydrogen-bond acceptors (Lipinski definition) is 6. The maximum atomic E-state index is 12.6. The Morgan fingerprint density at radius 1 is 1.12 bits per heavy atom. The van der Waals surface area contributed by atoms with E-state index in [2.05, 4.69) is 14.5 Å². The molecule has 0 saturated carbocycles. The SMILES string of the molecule is COc1ccc2c(c1)c(CC(=O)OCCN(C)C)c(C)n2-c1ncnc2cc(Cl)ccc12. The first-order valence-electron chi connectivity index (χ1n) is 10.3. The van der Waals surface area contributed by atoms with Crippen LogP contribution in [0.5, 0.6) is 5.75 Å². The van der Waals surface area contributed by atoms with Crippen LogP contribution in [0.3, 0.4) is 0 Å². The summed E-state index contributed by atoms with van der Waals surface area (Å²) < 4.78 is 12.9.